The molecule has 0 saturated carbocycles. The Bertz CT molecular complexity index is 611. The summed E-state index contributed by atoms with van der Waals surface area (Å²) in [5.41, 5.74) is 13.7. The molecule has 1 unspecified atom stereocenters. The first-order chi connectivity index (χ1) is 13.3. The number of aryl methyl sites for hydroxylation is 3. The van der Waals surface area contributed by atoms with E-state index in [1.807, 2.05) is 41.5 Å². The molecule has 1 aromatic carbocycles. The van der Waals surface area contributed by atoms with Gasteiger partial charge in [0, 0.05) is 12.2 Å². The van der Waals surface area contributed by atoms with E-state index in [4.69, 9.17) is 5.73 Å². The van der Waals surface area contributed by atoms with Gasteiger partial charge in [0.25, 0.3) is 0 Å². The Balaban J connectivity index is 0. The van der Waals surface area contributed by atoms with Crippen LogP contribution in [0.5, 0.6) is 0 Å². The van der Waals surface area contributed by atoms with Crippen LogP contribution < -0.4 is 5.73 Å². The fourth-order valence-corrected chi connectivity index (χ4v) is 2.97. The lowest BCUT2D eigenvalue weighted by molar-refractivity contribution is 0.327. The quantitative estimate of drug-likeness (QED) is 0.549. The van der Waals surface area contributed by atoms with Gasteiger partial charge in [-0.15, -0.1) is 0 Å². The Kier molecular flexibility index (Phi) is 16.4. The molecule has 1 aliphatic rings. The van der Waals surface area contributed by atoms with Crippen LogP contribution >= 0.6 is 0 Å². The van der Waals surface area contributed by atoms with Crippen molar-refractivity contribution in [3.63, 3.8) is 0 Å². The Hall–Kier alpha value is -1.80. The highest BCUT2D eigenvalue weighted by atomic mass is 15.2. The number of allylic oxidation sites excluding steroid dienone is 2. The number of hydrogen-bond donors (Lipinski definition) is 1. The zero-order valence-corrected chi connectivity index (χ0v) is 20.2. The van der Waals surface area contributed by atoms with Gasteiger partial charge in [-0.05, 0) is 62.8 Å². The molecule has 2 N–H and O–H groups in total. The largest absolute Gasteiger partial charge is 0.352 e. The molecule has 1 saturated heterocycles. The summed E-state index contributed by atoms with van der Waals surface area (Å²) in [6.07, 6.45) is 5.47. The predicted octanol–water partition coefficient (Wildman–Crippen LogP) is 7.32. The van der Waals surface area contributed by atoms with Gasteiger partial charge in [0.05, 0.1) is 6.17 Å². The summed E-state index contributed by atoms with van der Waals surface area (Å²) in [7, 11) is 0. The molecule has 2 heteroatoms. The molecule has 160 valence electrons. The van der Waals surface area contributed by atoms with Crippen LogP contribution in [0, 0.1) is 13.8 Å². The molecule has 1 atom stereocenters. The normalized spacial score (nSPS) is 14.9. The summed E-state index contributed by atoms with van der Waals surface area (Å²) in [6, 6.07) is 6.67. The molecule has 2 rings (SSSR count). The van der Waals surface area contributed by atoms with Crippen LogP contribution in [0.2, 0.25) is 0 Å². The molecule has 1 aromatic rings. The molecule has 0 radical (unpaired) electrons. The van der Waals surface area contributed by atoms with Crippen molar-refractivity contribution in [3.8, 4) is 0 Å². The molecule has 0 amide bonds. The van der Waals surface area contributed by atoms with Crippen molar-refractivity contribution in [2.75, 3.05) is 6.54 Å². The van der Waals surface area contributed by atoms with E-state index in [0.29, 0.717) is 0 Å². The standard InChI is InChI=1S/C11H18N2.C11H16.2C2H6/c1-5-10-9(4)6-7-13(10)11(12)8(2)3;1-4-5-11-8-9(2)6-7-10(11)3;2*1-2/h5,11H,2,4,6-7,12H2,1,3H3;6-8H,4-5H2,1-3H3;2*1-2H3/b10-5+;;;. The summed E-state index contributed by atoms with van der Waals surface area (Å²) < 4.78 is 0. The minimum absolute atomic E-state index is 0.0644. The second-order valence-corrected chi connectivity index (χ2v) is 6.69. The summed E-state index contributed by atoms with van der Waals surface area (Å²) >= 11 is 0. The molecule has 2 nitrogen and oxygen atoms in total. The Morgan fingerprint density at radius 1 is 1.21 bits per heavy atom. The molecule has 1 fully saturated rings. The maximum absolute atomic E-state index is 5.99. The lowest BCUT2D eigenvalue weighted by atomic mass is 10.0. The van der Waals surface area contributed by atoms with E-state index in [1.54, 1.807) is 0 Å². The SMILES string of the molecule is C=C1CCN(C(N)C(=C)C)/C1=C/C.CC.CC.CCCc1cc(C)ccc1C. The highest BCUT2D eigenvalue weighted by molar-refractivity contribution is 5.33. The van der Waals surface area contributed by atoms with Crippen molar-refractivity contribution >= 4 is 0 Å². The lowest BCUT2D eigenvalue weighted by Crippen LogP contribution is -2.39. The van der Waals surface area contributed by atoms with Gasteiger partial charge in [-0.3, -0.25) is 0 Å². The van der Waals surface area contributed by atoms with Gasteiger partial charge in [-0.1, -0.05) is 84.0 Å². The van der Waals surface area contributed by atoms with Gasteiger partial charge >= 0.3 is 0 Å². The number of rotatable bonds is 4. The average Bonchev–Trinajstić information content (AvgIpc) is 3.08. The molecule has 1 heterocycles. The summed E-state index contributed by atoms with van der Waals surface area (Å²) in [4.78, 5) is 2.16. The van der Waals surface area contributed by atoms with E-state index in [9.17, 15) is 0 Å². The smallest absolute Gasteiger partial charge is 0.0986 e. The van der Waals surface area contributed by atoms with Crippen LogP contribution in [0.15, 0.2) is 54.3 Å². The topological polar surface area (TPSA) is 29.3 Å². The number of benzene rings is 1. The van der Waals surface area contributed by atoms with Crippen molar-refractivity contribution in [1.82, 2.24) is 4.90 Å². The number of likely N-dealkylation sites (tertiary alicyclic amines) is 1. The molecule has 1 aliphatic heterocycles. The fraction of sp³-hybridized carbons (Fsp3) is 0.538. The minimum atomic E-state index is -0.0644. The molecule has 0 spiro atoms. The van der Waals surface area contributed by atoms with Crippen LogP contribution in [-0.4, -0.2) is 17.6 Å². The third-order valence-electron chi connectivity index (χ3n) is 4.46. The van der Waals surface area contributed by atoms with Crippen LogP contribution in [0.4, 0.5) is 0 Å². The van der Waals surface area contributed by atoms with Gasteiger partial charge in [-0.2, -0.15) is 0 Å². The van der Waals surface area contributed by atoms with Gasteiger partial charge in [0.1, 0.15) is 0 Å². The molecule has 0 aliphatic carbocycles. The van der Waals surface area contributed by atoms with Crippen LogP contribution in [0.25, 0.3) is 0 Å². The molecule has 0 bridgehead atoms. The van der Waals surface area contributed by atoms with Crippen molar-refractivity contribution in [3.05, 3.63) is 71.0 Å². The highest BCUT2D eigenvalue weighted by Gasteiger charge is 2.24. The zero-order chi connectivity index (χ0) is 22.3. The molecule has 28 heavy (non-hydrogen) atoms. The first kappa shape index (κ1) is 28.4. The molecular weight excluding hydrogens is 340 g/mol. The van der Waals surface area contributed by atoms with Crippen molar-refractivity contribution in [2.24, 2.45) is 5.73 Å². The molecule has 0 aromatic heterocycles. The van der Waals surface area contributed by atoms with E-state index < -0.39 is 0 Å². The maximum atomic E-state index is 5.99. The van der Waals surface area contributed by atoms with E-state index in [2.05, 4.69) is 63.1 Å². The van der Waals surface area contributed by atoms with Crippen molar-refractivity contribution in [1.29, 1.82) is 0 Å². The maximum Gasteiger partial charge on any atom is 0.0986 e. The lowest BCUT2D eigenvalue weighted by Gasteiger charge is -2.27. The van der Waals surface area contributed by atoms with Crippen LogP contribution in [-0.2, 0) is 6.42 Å². The highest BCUT2D eigenvalue weighted by Crippen LogP contribution is 2.27. The first-order valence-electron chi connectivity index (χ1n) is 10.9. The summed E-state index contributed by atoms with van der Waals surface area (Å²) in [5.74, 6) is 0. The van der Waals surface area contributed by atoms with Crippen LogP contribution in [0.1, 0.15) is 78.0 Å². The van der Waals surface area contributed by atoms with Crippen LogP contribution in [0.3, 0.4) is 0 Å². The van der Waals surface area contributed by atoms with Gasteiger partial charge in [-0.25, -0.2) is 0 Å². The summed E-state index contributed by atoms with van der Waals surface area (Å²) in [6.45, 7) is 27.4. The number of nitrogens with zero attached hydrogens (tertiary/aromatic N) is 1. The number of nitrogens with two attached hydrogens (primary N) is 1. The Morgan fingerprint density at radius 3 is 2.25 bits per heavy atom. The number of hydrogen-bond acceptors (Lipinski definition) is 2. The second kappa shape index (κ2) is 16.2. The predicted molar refractivity (Wildman–Crippen MR) is 130 cm³/mol. The van der Waals surface area contributed by atoms with Gasteiger partial charge in [0.2, 0.25) is 0 Å². The first-order valence-corrected chi connectivity index (χ1v) is 10.9. The van der Waals surface area contributed by atoms with E-state index in [1.165, 1.54) is 40.8 Å². The van der Waals surface area contributed by atoms with Gasteiger partial charge < -0.3 is 10.6 Å². The third kappa shape index (κ3) is 9.41. The van der Waals surface area contributed by atoms with Gasteiger partial charge in [0.15, 0.2) is 0 Å². The van der Waals surface area contributed by atoms with E-state index >= 15 is 0 Å². The Labute approximate surface area is 176 Å². The van der Waals surface area contributed by atoms with Crippen molar-refractivity contribution < 1.29 is 0 Å². The minimum Gasteiger partial charge on any atom is -0.352 e. The second-order valence-electron chi connectivity index (χ2n) is 6.69. The van der Waals surface area contributed by atoms with E-state index in [-0.39, 0.29) is 6.17 Å². The Morgan fingerprint density at radius 2 is 1.79 bits per heavy atom. The summed E-state index contributed by atoms with van der Waals surface area (Å²) in [5, 5.41) is 0. The van der Waals surface area contributed by atoms with E-state index in [0.717, 1.165) is 18.5 Å². The third-order valence-corrected chi connectivity index (χ3v) is 4.46. The fourth-order valence-electron chi connectivity index (χ4n) is 2.97. The monoisotopic (exact) mass is 386 g/mol. The molecular formula is C26H46N2. The zero-order valence-electron chi connectivity index (χ0n) is 20.2. The average molecular weight is 387 g/mol. The van der Waals surface area contributed by atoms with Crippen molar-refractivity contribution in [2.45, 2.75) is 87.7 Å².